The van der Waals surface area contributed by atoms with Crippen LogP contribution in [0.25, 0.3) is 0 Å². The fourth-order valence-electron chi connectivity index (χ4n) is 2.43. The summed E-state index contributed by atoms with van der Waals surface area (Å²) in [5.74, 6) is 0. The zero-order chi connectivity index (χ0) is 12.5. The topological polar surface area (TPSA) is 58.9 Å². The lowest BCUT2D eigenvalue weighted by atomic mass is 9.63. The van der Waals surface area contributed by atoms with Gasteiger partial charge in [-0.1, -0.05) is 28.4 Å². The fraction of sp³-hybridized carbons (Fsp3) is 0.500. The highest BCUT2D eigenvalue weighted by molar-refractivity contribution is 9.10. The van der Waals surface area contributed by atoms with Gasteiger partial charge < -0.3 is 9.84 Å². The molecule has 92 valence electrons. The summed E-state index contributed by atoms with van der Waals surface area (Å²) >= 11 is 3.31. The van der Waals surface area contributed by atoms with E-state index in [1.54, 1.807) is 6.07 Å². The summed E-state index contributed by atoms with van der Waals surface area (Å²) in [6, 6.07) is 5.36. The summed E-state index contributed by atoms with van der Waals surface area (Å²) in [5.41, 5.74) is 0.671. The normalized spacial score (nSPS) is 19.5. The fourth-order valence-corrected chi connectivity index (χ4v) is 2.78. The van der Waals surface area contributed by atoms with Crippen molar-refractivity contribution >= 4 is 21.6 Å². The molecule has 4 nitrogen and oxygen atoms in total. The van der Waals surface area contributed by atoms with E-state index in [0.29, 0.717) is 5.69 Å². The SMILES string of the molecule is COC(O)C1(c2ccc(Br)cc2N=O)CCC1. The number of rotatable bonds is 4. The van der Waals surface area contributed by atoms with E-state index in [1.807, 2.05) is 12.1 Å². The van der Waals surface area contributed by atoms with Crippen molar-refractivity contribution in [1.82, 2.24) is 0 Å². The molecular weight excluding hydrogens is 286 g/mol. The van der Waals surface area contributed by atoms with Gasteiger partial charge in [0.25, 0.3) is 0 Å². The second kappa shape index (κ2) is 4.84. The van der Waals surface area contributed by atoms with Crippen LogP contribution in [-0.4, -0.2) is 18.5 Å². The van der Waals surface area contributed by atoms with E-state index in [-0.39, 0.29) is 0 Å². The van der Waals surface area contributed by atoms with E-state index >= 15 is 0 Å². The van der Waals surface area contributed by atoms with Crippen molar-refractivity contribution in [3.05, 3.63) is 33.1 Å². The molecule has 1 unspecified atom stereocenters. The summed E-state index contributed by atoms with van der Waals surface area (Å²) < 4.78 is 5.84. The van der Waals surface area contributed by atoms with Crippen LogP contribution >= 0.6 is 15.9 Å². The Morgan fingerprint density at radius 3 is 2.71 bits per heavy atom. The smallest absolute Gasteiger partial charge is 0.163 e. The highest BCUT2D eigenvalue weighted by Crippen LogP contribution is 2.50. The molecule has 5 heteroatoms. The molecule has 1 aromatic rings. The average molecular weight is 300 g/mol. The van der Waals surface area contributed by atoms with Gasteiger partial charge >= 0.3 is 0 Å². The lowest BCUT2D eigenvalue weighted by Crippen LogP contribution is -2.46. The van der Waals surface area contributed by atoms with Crippen LogP contribution in [0.2, 0.25) is 0 Å². The van der Waals surface area contributed by atoms with E-state index in [9.17, 15) is 10.0 Å². The van der Waals surface area contributed by atoms with Crippen molar-refractivity contribution < 1.29 is 9.84 Å². The summed E-state index contributed by atoms with van der Waals surface area (Å²) in [6.45, 7) is 0. The Hall–Kier alpha value is -0.780. The molecule has 17 heavy (non-hydrogen) atoms. The zero-order valence-electron chi connectivity index (χ0n) is 9.52. The Kier molecular flexibility index (Phi) is 3.61. The van der Waals surface area contributed by atoms with Gasteiger partial charge in [-0.25, -0.2) is 0 Å². The van der Waals surface area contributed by atoms with Crippen LogP contribution in [0.3, 0.4) is 0 Å². The minimum Gasteiger partial charge on any atom is -0.367 e. The van der Waals surface area contributed by atoms with Crippen LogP contribution in [-0.2, 0) is 10.2 Å². The third-order valence-electron chi connectivity index (χ3n) is 3.54. The van der Waals surface area contributed by atoms with Crippen molar-refractivity contribution in [2.75, 3.05) is 7.11 Å². The minimum absolute atomic E-state index is 0.371. The van der Waals surface area contributed by atoms with Crippen molar-refractivity contribution in [1.29, 1.82) is 0 Å². The molecule has 0 saturated heterocycles. The number of hydrogen-bond donors (Lipinski definition) is 1. The molecule has 0 radical (unpaired) electrons. The van der Waals surface area contributed by atoms with Gasteiger partial charge in [0.05, 0.1) is 0 Å². The number of aliphatic hydroxyl groups is 1. The first-order valence-corrected chi connectivity index (χ1v) is 6.27. The van der Waals surface area contributed by atoms with Crippen LogP contribution in [0.15, 0.2) is 27.8 Å². The summed E-state index contributed by atoms with van der Waals surface area (Å²) in [6.07, 6.45) is 1.76. The predicted octanol–water partition coefficient (Wildman–Crippen LogP) is 3.23. The Labute approximate surface area is 108 Å². The van der Waals surface area contributed by atoms with E-state index in [2.05, 4.69) is 21.1 Å². The summed E-state index contributed by atoms with van der Waals surface area (Å²) in [4.78, 5) is 10.9. The molecule has 0 aliphatic heterocycles. The van der Waals surface area contributed by atoms with Gasteiger partial charge in [0, 0.05) is 17.0 Å². The van der Waals surface area contributed by atoms with Gasteiger partial charge in [0.2, 0.25) is 0 Å². The van der Waals surface area contributed by atoms with Gasteiger partial charge in [0.15, 0.2) is 6.29 Å². The number of halogens is 1. The molecule has 1 atom stereocenters. The molecule has 1 N–H and O–H groups in total. The molecular formula is C12H14BrNO3. The van der Waals surface area contributed by atoms with Gasteiger partial charge in [-0.05, 0) is 35.7 Å². The van der Waals surface area contributed by atoms with Gasteiger partial charge in [-0.2, -0.15) is 0 Å². The molecule has 2 rings (SSSR count). The average Bonchev–Trinajstić information content (AvgIpc) is 2.29. The quantitative estimate of drug-likeness (QED) is 0.686. The number of ether oxygens (including phenoxy) is 1. The highest BCUT2D eigenvalue weighted by atomic mass is 79.9. The van der Waals surface area contributed by atoms with E-state index < -0.39 is 11.7 Å². The Morgan fingerprint density at radius 1 is 1.53 bits per heavy atom. The van der Waals surface area contributed by atoms with Crippen molar-refractivity contribution in [3.63, 3.8) is 0 Å². The van der Waals surface area contributed by atoms with Crippen LogP contribution in [0.4, 0.5) is 5.69 Å². The number of nitrogens with zero attached hydrogens (tertiary/aromatic N) is 1. The maximum Gasteiger partial charge on any atom is 0.163 e. The predicted molar refractivity (Wildman–Crippen MR) is 68.1 cm³/mol. The van der Waals surface area contributed by atoms with Gasteiger partial charge in [-0.15, -0.1) is 4.91 Å². The second-order valence-electron chi connectivity index (χ2n) is 4.35. The Bertz CT molecular complexity index is 432. The molecule has 0 amide bonds. The van der Waals surface area contributed by atoms with Gasteiger partial charge in [0.1, 0.15) is 5.69 Å². The van der Waals surface area contributed by atoms with Crippen molar-refractivity contribution in [2.24, 2.45) is 5.18 Å². The molecule has 0 aromatic heterocycles. The molecule has 1 aromatic carbocycles. The number of nitroso groups, excluding NO2 is 1. The van der Waals surface area contributed by atoms with Gasteiger partial charge in [-0.3, -0.25) is 0 Å². The van der Waals surface area contributed by atoms with Crippen LogP contribution in [0.1, 0.15) is 24.8 Å². The molecule has 1 saturated carbocycles. The second-order valence-corrected chi connectivity index (χ2v) is 5.27. The van der Waals surface area contributed by atoms with E-state index in [1.165, 1.54) is 7.11 Å². The number of hydrogen-bond acceptors (Lipinski definition) is 4. The molecule has 1 aliphatic carbocycles. The molecule has 0 heterocycles. The van der Waals surface area contributed by atoms with E-state index in [0.717, 1.165) is 29.3 Å². The Balaban J connectivity index is 2.47. The van der Waals surface area contributed by atoms with Crippen LogP contribution in [0.5, 0.6) is 0 Å². The Morgan fingerprint density at radius 2 is 2.24 bits per heavy atom. The van der Waals surface area contributed by atoms with Crippen LogP contribution < -0.4 is 0 Å². The third-order valence-corrected chi connectivity index (χ3v) is 4.03. The highest BCUT2D eigenvalue weighted by Gasteiger charge is 2.47. The molecule has 1 fully saturated rings. The minimum atomic E-state index is -0.891. The maximum absolute atomic E-state index is 10.9. The van der Waals surface area contributed by atoms with Crippen molar-refractivity contribution in [3.8, 4) is 0 Å². The standard InChI is InChI=1S/C12H14BrNO3/c1-17-11(15)12(5-2-6-12)9-4-3-8(13)7-10(9)14-16/h3-4,7,11,15H,2,5-6H2,1H3. The van der Waals surface area contributed by atoms with Crippen LogP contribution in [0, 0.1) is 4.91 Å². The van der Waals surface area contributed by atoms with E-state index in [4.69, 9.17) is 4.74 Å². The first kappa shape index (κ1) is 12.7. The number of aliphatic hydroxyl groups excluding tert-OH is 1. The number of benzene rings is 1. The largest absolute Gasteiger partial charge is 0.367 e. The first-order valence-electron chi connectivity index (χ1n) is 5.48. The first-order chi connectivity index (χ1) is 8.14. The lowest BCUT2D eigenvalue weighted by Gasteiger charge is -2.45. The zero-order valence-corrected chi connectivity index (χ0v) is 11.1. The molecule has 0 spiro atoms. The van der Waals surface area contributed by atoms with Crippen molar-refractivity contribution in [2.45, 2.75) is 31.0 Å². The maximum atomic E-state index is 10.9. The third kappa shape index (κ3) is 2.03. The number of methoxy groups -OCH3 is 1. The summed E-state index contributed by atoms with van der Waals surface area (Å²) in [5, 5.41) is 13.0. The molecule has 1 aliphatic rings. The summed E-state index contributed by atoms with van der Waals surface area (Å²) in [7, 11) is 1.47. The molecule has 0 bridgehead atoms. The lowest BCUT2D eigenvalue weighted by molar-refractivity contribution is -0.149. The monoisotopic (exact) mass is 299 g/mol.